The highest BCUT2D eigenvalue weighted by Gasteiger charge is 2.48. The van der Waals surface area contributed by atoms with Gasteiger partial charge in [0.25, 0.3) is 0 Å². The molecule has 2 aliphatic rings. The minimum absolute atomic E-state index is 0.0358. The van der Waals surface area contributed by atoms with Gasteiger partial charge in [0.1, 0.15) is 14.2 Å². The van der Waals surface area contributed by atoms with Gasteiger partial charge in [-0.15, -0.1) is 5.54 Å². The first-order valence-electron chi connectivity index (χ1n) is 5.83. The van der Waals surface area contributed by atoms with Crippen LogP contribution in [0.4, 0.5) is 0 Å². The van der Waals surface area contributed by atoms with E-state index >= 15 is 0 Å². The molecule has 1 heterocycles. The number of hydrogen-bond donors (Lipinski definition) is 0. The van der Waals surface area contributed by atoms with Crippen LogP contribution < -0.4 is 0 Å². The van der Waals surface area contributed by atoms with Gasteiger partial charge in [0.15, 0.2) is 11.9 Å². The normalized spacial score (nSPS) is 30.6. The second-order valence-corrected chi connectivity index (χ2v) is 10.7. The maximum Gasteiger partial charge on any atom is 0.202 e. The summed E-state index contributed by atoms with van der Waals surface area (Å²) < 4.78 is 11.2. The fourth-order valence-electron chi connectivity index (χ4n) is 1.87. The first kappa shape index (κ1) is 12.6. The van der Waals surface area contributed by atoms with E-state index in [0.717, 1.165) is 0 Å². The molecule has 0 aromatic rings. The fraction of sp³-hybridized carbons (Fsp3) is 0.615. The third kappa shape index (κ3) is 2.68. The monoisotopic (exact) mass is 250 g/mol. The van der Waals surface area contributed by atoms with Crippen molar-refractivity contribution in [3.05, 3.63) is 11.6 Å². The van der Waals surface area contributed by atoms with Gasteiger partial charge in [-0.3, -0.25) is 4.79 Å². The van der Waals surface area contributed by atoms with Crippen LogP contribution in [0.2, 0.25) is 19.6 Å². The van der Waals surface area contributed by atoms with Gasteiger partial charge in [-0.05, 0) is 19.9 Å². The Labute approximate surface area is 103 Å². The van der Waals surface area contributed by atoms with E-state index in [1.165, 1.54) is 0 Å². The van der Waals surface area contributed by atoms with Crippen LogP contribution >= 0.6 is 0 Å². The van der Waals surface area contributed by atoms with Crippen molar-refractivity contribution in [1.29, 1.82) is 0 Å². The SMILES string of the molecule is CC1(C)O[C@@H]2C=C(C#C[Si](C)(C)C)C(=O)[C@@H]2O1. The number of ketones is 1. The summed E-state index contributed by atoms with van der Waals surface area (Å²) in [5, 5.41) is 0. The molecule has 92 valence electrons. The van der Waals surface area contributed by atoms with Crippen LogP contribution in [0.3, 0.4) is 0 Å². The smallest absolute Gasteiger partial charge is 0.202 e. The number of Topliss-reactive ketones (excluding diaryl/α,β-unsaturated/α-hetero) is 1. The molecule has 2 atom stereocenters. The van der Waals surface area contributed by atoms with Crippen LogP contribution in [0.25, 0.3) is 0 Å². The predicted octanol–water partition coefficient (Wildman–Crippen LogP) is 1.90. The second kappa shape index (κ2) is 3.81. The molecule has 0 N–H and O–H groups in total. The second-order valence-electron chi connectivity index (χ2n) is 5.97. The molecular formula is C13H18O3Si. The van der Waals surface area contributed by atoms with Crippen molar-refractivity contribution in [1.82, 2.24) is 0 Å². The van der Waals surface area contributed by atoms with Gasteiger partial charge in [0.05, 0.1) is 5.57 Å². The van der Waals surface area contributed by atoms with Gasteiger partial charge in [-0.25, -0.2) is 0 Å². The third-order valence-electron chi connectivity index (χ3n) is 2.56. The molecule has 4 heteroatoms. The number of carbonyl (C=O) groups is 1. The number of hydrogen-bond acceptors (Lipinski definition) is 3. The van der Waals surface area contributed by atoms with Gasteiger partial charge >= 0.3 is 0 Å². The van der Waals surface area contributed by atoms with E-state index < -0.39 is 20.0 Å². The molecular weight excluding hydrogens is 232 g/mol. The zero-order valence-electron chi connectivity index (χ0n) is 11.0. The lowest BCUT2D eigenvalue weighted by atomic mass is 10.2. The van der Waals surface area contributed by atoms with Crippen molar-refractivity contribution in [3.63, 3.8) is 0 Å². The van der Waals surface area contributed by atoms with Crippen LogP contribution in [0.5, 0.6) is 0 Å². The van der Waals surface area contributed by atoms with Crippen LogP contribution in [0.15, 0.2) is 11.6 Å². The zero-order chi connectivity index (χ0) is 12.8. The number of ether oxygens (including phenoxy) is 2. The Morgan fingerprint density at radius 2 is 1.94 bits per heavy atom. The Bertz CT molecular complexity index is 446. The van der Waals surface area contributed by atoms with Gasteiger partial charge in [0.2, 0.25) is 5.78 Å². The average molecular weight is 250 g/mol. The molecule has 0 bridgehead atoms. The van der Waals surface area contributed by atoms with E-state index in [2.05, 4.69) is 31.1 Å². The lowest BCUT2D eigenvalue weighted by Crippen LogP contribution is -2.26. The van der Waals surface area contributed by atoms with E-state index in [4.69, 9.17) is 9.47 Å². The van der Waals surface area contributed by atoms with E-state index in [1.807, 2.05) is 13.8 Å². The molecule has 17 heavy (non-hydrogen) atoms. The first-order valence-corrected chi connectivity index (χ1v) is 9.33. The Kier molecular flexibility index (Phi) is 2.81. The highest BCUT2D eigenvalue weighted by atomic mass is 28.3. The number of rotatable bonds is 0. The quantitative estimate of drug-likeness (QED) is 0.486. The molecule has 0 radical (unpaired) electrons. The molecule has 0 unspecified atom stereocenters. The Balaban J connectivity index is 2.19. The van der Waals surface area contributed by atoms with Crippen molar-refractivity contribution < 1.29 is 14.3 Å². The van der Waals surface area contributed by atoms with E-state index in [1.54, 1.807) is 6.08 Å². The Morgan fingerprint density at radius 3 is 2.47 bits per heavy atom. The maximum absolute atomic E-state index is 12.0. The minimum Gasteiger partial charge on any atom is -0.340 e. The lowest BCUT2D eigenvalue weighted by molar-refractivity contribution is -0.152. The van der Waals surface area contributed by atoms with Crippen LogP contribution in [0, 0.1) is 11.5 Å². The molecule has 1 fully saturated rings. The van der Waals surface area contributed by atoms with Gasteiger partial charge in [-0.1, -0.05) is 25.6 Å². The predicted molar refractivity (Wildman–Crippen MR) is 68.0 cm³/mol. The first-order chi connectivity index (χ1) is 7.68. The molecule has 0 spiro atoms. The molecule has 0 saturated carbocycles. The van der Waals surface area contributed by atoms with Crippen molar-refractivity contribution in [2.24, 2.45) is 0 Å². The summed E-state index contributed by atoms with van der Waals surface area (Å²) >= 11 is 0. The van der Waals surface area contributed by atoms with Gasteiger partial charge < -0.3 is 9.47 Å². The highest BCUT2D eigenvalue weighted by Crippen LogP contribution is 2.34. The van der Waals surface area contributed by atoms with Crippen molar-refractivity contribution in [3.8, 4) is 11.5 Å². The van der Waals surface area contributed by atoms with Gasteiger partial charge in [-0.2, -0.15) is 0 Å². The van der Waals surface area contributed by atoms with E-state index in [0.29, 0.717) is 5.57 Å². The Morgan fingerprint density at radius 1 is 1.29 bits per heavy atom. The molecule has 0 aromatic heterocycles. The average Bonchev–Trinajstić information content (AvgIpc) is 2.57. The van der Waals surface area contributed by atoms with Crippen LogP contribution in [0.1, 0.15) is 13.8 Å². The standard InChI is InChI=1S/C13H18O3Si/c1-13(2)15-10-8-9(6-7-17(3,4)5)11(14)12(10)16-13/h8,10,12H,1-5H3/t10-,12-/m1/s1. The van der Waals surface area contributed by atoms with E-state index in [9.17, 15) is 4.79 Å². The lowest BCUT2D eigenvalue weighted by Gasteiger charge is -2.17. The van der Waals surface area contributed by atoms with E-state index in [-0.39, 0.29) is 11.9 Å². The number of carbonyl (C=O) groups excluding carboxylic acids is 1. The Hall–Kier alpha value is -0.893. The third-order valence-corrected chi connectivity index (χ3v) is 3.43. The highest BCUT2D eigenvalue weighted by molar-refractivity contribution is 6.83. The molecule has 1 aliphatic carbocycles. The summed E-state index contributed by atoms with van der Waals surface area (Å²) in [7, 11) is -1.45. The molecule has 1 aliphatic heterocycles. The van der Waals surface area contributed by atoms with Crippen LogP contribution in [-0.4, -0.2) is 31.9 Å². The summed E-state index contributed by atoms with van der Waals surface area (Å²) in [4.78, 5) is 12.0. The maximum atomic E-state index is 12.0. The summed E-state index contributed by atoms with van der Waals surface area (Å²) in [5.74, 6) is 2.29. The zero-order valence-corrected chi connectivity index (χ0v) is 12.0. The van der Waals surface area contributed by atoms with Crippen molar-refractivity contribution in [2.75, 3.05) is 0 Å². The topological polar surface area (TPSA) is 35.5 Å². The molecule has 2 rings (SSSR count). The van der Waals surface area contributed by atoms with Crippen molar-refractivity contribution >= 4 is 13.9 Å². The molecule has 3 nitrogen and oxygen atoms in total. The number of fused-ring (bicyclic) bond motifs is 1. The molecule has 0 aromatic carbocycles. The fourth-order valence-corrected chi connectivity index (χ4v) is 2.38. The largest absolute Gasteiger partial charge is 0.340 e. The van der Waals surface area contributed by atoms with Crippen molar-refractivity contribution in [2.45, 2.75) is 51.5 Å². The minimum atomic E-state index is -1.45. The van der Waals surface area contributed by atoms with Gasteiger partial charge in [0, 0.05) is 0 Å². The summed E-state index contributed by atoms with van der Waals surface area (Å²) in [5.41, 5.74) is 3.75. The van der Waals surface area contributed by atoms with Crippen LogP contribution in [-0.2, 0) is 14.3 Å². The molecule has 0 amide bonds. The summed E-state index contributed by atoms with van der Waals surface area (Å²) in [6, 6.07) is 0. The molecule has 1 saturated heterocycles. The summed E-state index contributed by atoms with van der Waals surface area (Å²) in [6.45, 7) is 10.1. The summed E-state index contributed by atoms with van der Waals surface area (Å²) in [6.07, 6.45) is 1.05.